The van der Waals surface area contributed by atoms with Gasteiger partial charge in [0, 0.05) is 23.6 Å². The van der Waals surface area contributed by atoms with Crippen molar-refractivity contribution in [3.05, 3.63) is 78.4 Å². The molecule has 126 valence electrons. The lowest BCUT2D eigenvalue weighted by molar-refractivity contribution is 0.102. The molecule has 0 spiro atoms. The van der Waals surface area contributed by atoms with E-state index in [0.29, 0.717) is 16.9 Å². The highest BCUT2D eigenvalue weighted by Gasteiger charge is 2.08. The lowest BCUT2D eigenvalue weighted by Gasteiger charge is -2.09. The molecule has 1 heterocycles. The van der Waals surface area contributed by atoms with Crippen LogP contribution in [-0.2, 0) is 0 Å². The van der Waals surface area contributed by atoms with Crippen molar-refractivity contribution >= 4 is 23.0 Å². The molecule has 0 aliphatic rings. The number of rotatable bonds is 5. The predicted molar refractivity (Wildman–Crippen MR) is 94.9 cm³/mol. The molecule has 1 amide bonds. The number of methoxy groups -OCH3 is 1. The summed E-state index contributed by atoms with van der Waals surface area (Å²) in [5.74, 6) is -0.0604. The van der Waals surface area contributed by atoms with Crippen LogP contribution < -0.4 is 15.4 Å². The van der Waals surface area contributed by atoms with Gasteiger partial charge in [0.2, 0.25) is 0 Å². The summed E-state index contributed by atoms with van der Waals surface area (Å²) in [5.41, 5.74) is 2.21. The molecule has 0 atom stereocenters. The van der Waals surface area contributed by atoms with Gasteiger partial charge in [-0.25, -0.2) is 4.39 Å². The Morgan fingerprint density at radius 2 is 1.80 bits per heavy atom. The van der Waals surface area contributed by atoms with Crippen molar-refractivity contribution < 1.29 is 13.9 Å². The Kier molecular flexibility index (Phi) is 4.89. The fourth-order valence-electron chi connectivity index (χ4n) is 2.27. The van der Waals surface area contributed by atoms with Crippen LogP contribution in [0.4, 0.5) is 21.5 Å². The second-order valence-corrected chi connectivity index (χ2v) is 5.28. The first-order valence-corrected chi connectivity index (χ1v) is 7.57. The summed E-state index contributed by atoms with van der Waals surface area (Å²) in [7, 11) is 1.60. The normalized spacial score (nSPS) is 10.2. The number of carbonyl (C=O) groups excluding carboxylic acids is 1. The predicted octanol–water partition coefficient (Wildman–Crippen LogP) is 4.23. The maximum absolute atomic E-state index is 13.2. The Morgan fingerprint density at radius 3 is 2.60 bits per heavy atom. The standard InChI is InChI=1S/C19H16FN3O2/c1-25-18-7-3-6-16(10-18)22-17-8-13(11-21-12-17)19(24)23-15-5-2-4-14(20)9-15/h2-12,22H,1H3,(H,23,24). The highest BCUT2D eigenvalue weighted by Crippen LogP contribution is 2.21. The van der Waals surface area contributed by atoms with Crippen LogP contribution in [0.1, 0.15) is 10.4 Å². The largest absolute Gasteiger partial charge is 0.497 e. The SMILES string of the molecule is COc1cccc(Nc2cncc(C(=O)Nc3cccc(F)c3)c2)c1. The zero-order valence-corrected chi connectivity index (χ0v) is 13.5. The molecule has 2 N–H and O–H groups in total. The van der Waals surface area contributed by atoms with Crippen LogP contribution in [0.5, 0.6) is 5.75 Å². The van der Waals surface area contributed by atoms with Crippen molar-refractivity contribution in [3.8, 4) is 5.75 Å². The van der Waals surface area contributed by atoms with Gasteiger partial charge in [0.1, 0.15) is 11.6 Å². The molecule has 6 heteroatoms. The van der Waals surface area contributed by atoms with Gasteiger partial charge < -0.3 is 15.4 Å². The van der Waals surface area contributed by atoms with Crippen LogP contribution in [0.3, 0.4) is 0 Å². The monoisotopic (exact) mass is 337 g/mol. The third-order valence-corrected chi connectivity index (χ3v) is 3.44. The van der Waals surface area contributed by atoms with E-state index < -0.39 is 5.82 Å². The Balaban J connectivity index is 1.75. The van der Waals surface area contributed by atoms with Crippen LogP contribution >= 0.6 is 0 Å². The van der Waals surface area contributed by atoms with E-state index >= 15 is 0 Å². The van der Waals surface area contributed by atoms with Crippen LogP contribution in [0.2, 0.25) is 0 Å². The quantitative estimate of drug-likeness (QED) is 0.731. The van der Waals surface area contributed by atoms with Crippen LogP contribution in [-0.4, -0.2) is 18.0 Å². The Hall–Kier alpha value is -3.41. The average molecular weight is 337 g/mol. The number of hydrogen-bond acceptors (Lipinski definition) is 4. The number of pyridine rings is 1. The van der Waals surface area contributed by atoms with Crippen molar-refractivity contribution in [1.82, 2.24) is 4.98 Å². The van der Waals surface area contributed by atoms with Crippen LogP contribution in [0.15, 0.2) is 67.0 Å². The van der Waals surface area contributed by atoms with Gasteiger partial charge in [0.05, 0.1) is 24.6 Å². The molecule has 1 aromatic heterocycles. The van der Waals surface area contributed by atoms with Crippen LogP contribution in [0.25, 0.3) is 0 Å². The van der Waals surface area contributed by atoms with Gasteiger partial charge >= 0.3 is 0 Å². The fourth-order valence-corrected chi connectivity index (χ4v) is 2.27. The first-order chi connectivity index (χ1) is 12.1. The van der Waals surface area contributed by atoms with E-state index in [1.165, 1.54) is 24.4 Å². The third-order valence-electron chi connectivity index (χ3n) is 3.44. The number of ether oxygens (including phenoxy) is 1. The number of halogens is 1. The summed E-state index contributed by atoms with van der Waals surface area (Å²) in [6.45, 7) is 0. The minimum atomic E-state index is -0.413. The molecule has 0 saturated heterocycles. The molecule has 25 heavy (non-hydrogen) atoms. The second-order valence-electron chi connectivity index (χ2n) is 5.28. The number of nitrogens with one attached hydrogen (secondary N) is 2. The van der Waals surface area contributed by atoms with Gasteiger partial charge in [-0.3, -0.25) is 9.78 Å². The molecular formula is C19H16FN3O2. The van der Waals surface area contributed by atoms with Gasteiger partial charge in [0.15, 0.2) is 0 Å². The van der Waals surface area contributed by atoms with Gasteiger partial charge in [-0.05, 0) is 36.4 Å². The lowest BCUT2D eigenvalue weighted by Crippen LogP contribution is -2.12. The van der Waals surface area contributed by atoms with Gasteiger partial charge in [-0.15, -0.1) is 0 Å². The second kappa shape index (κ2) is 7.44. The average Bonchev–Trinajstić information content (AvgIpc) is 2.62. The molecule has 3 rings (SSSR count). The molecule has 3 aromatic rings. The van der Waals surface area contributed by atoms with Gasteiger partial charge in [-0.2, -0.15) is 0 Å². The topological polar surface area (TPSA) is 63.2 Å². The van der Waals surface area contributed by atoms with E-state index in [9.17, 15) is 9.18 Å². The van der Waals surface area contributed by atoms with E-state index in [0.717, 1.165) is 11.4 Å². The Morgan fingerprint density at radius 1 is 1.00 bits per heavy atom. The summed E-state index contributed by atoms with van der Waals surface area (Å²) in [6.07, 6.45) is 3.06. The number of hydrogen-bond donors (Lipinski definition) is 2. The van der Waals surface area contributed by atoms with Crippen molar-refractivity contribution in [2.45, 2.75) is 0 Å². The molecule has 0 bridgehead atoms. The number of aromatic nitrogens is 1. The first-order valence-electron chi connectivity index (χ1n) is 7.57. The zero-order chi connectivity index (χ0) is 17.6. The maximum Gasteiger partial charge on any atom is 0.257 e. The minimum Gasteiger partial charge on any atom is -0.497 e. The molecular weight excluding hydrogens is 321 g/mol. The molecule has 0 radical (unpaired) electrons. The summed E-state index contributed by atoms with van der Waals surface area (Å²) in [4.78, 5) is 16.4. The smallest absolute Gasteiger partial charge is 0.257 e. The van der Waals surface area contributed by atoms with E-state index in [4.69, 9.17) is 4.74 Å². The molecule has 0 saturated carbocycles. The van der Waals surface area contributed by atoms with Crippen molar-refractivity contribution in [1.29, 1.82) is 0 Å². The number of benzene rings is 2. The summed E-state index contributed by atoms with van der Waals surface area (Å²) in [5, 5.41) is 5.81. The fraction of sp³-hybridized carbons (Fsp3) is 0.0526. The zero-order valence-electron chi connectivity index (χ0n) is 13.5. The Labute approximate surface area is 144 Å². The summed E-state index contributed by atoms with van der Waals surface area (Å²) in [6, 6.07) is 14.8. The molecule has 0 fully saturated rings. The highest BCUT2D eigenvalue weighted by molar-refractivity contribution is 6.04. The maximum atomic E-state index is 13.2. The Bertz CT molecular complexity index is 899. The number of amides is 1. The van der Waals surface area contributed by atoms with Crippen molar-refractivity contribution in [2.24, 2.45) is 0 Å². The molecule has 0 aliphatic carbocycles. The van der Waals surface area contributed by atoms with E-state index in [1.807, 2.05) is 24.3 Å². The number of carbonyl (C=O) groups is 1. The molecule has 5 nitrogen and oxygen atoms in total. The van der Waals surface area contributed by atoms with Crippen molar-refractivity contribution in [2.75, 3.05) is 17.7 Å². The summed E-state index contributed by atoms with van der Waals surface area (Å²) < 4.78 is 18.4. The van der Waals surface area contributed by atoms with E-state index in [-0.39, 0.29) is 5.91 Å². The third kappa shape index (κ3) is 4.32. The van der Waals surface area contributed by atoms with E-state index in [1.54, 1.807) is 25.4 Å². The first kappa shape index (κ1) is 16.4. The summed E-state index contributed by atoms with van der Waals surface area (Å²) >= 11 is 0. The molecule has 0 unspecified atom stereocenters. The van der Waals surface area contributed by atoms with Crippen molar-refractivity contribution in [3.63, 3.8) is 0 Å². The number of nitrogens with zero attached hydrogens (tertiary/aromatic N) is 1. The molecule has 0 aliphatic heterocycles. The van der Waals surface area contributed by atoms with Gasteiger partial charge in [-0.1, -0.05) is 12.1 Å². The lowest BCUT2D eigenvalue weighted by atomic mass is 10.2. The van der Waals surface area contributed by atoms with Gasteiger partial charge in [0.25, 0.3) is 5.91 Å². The van der Waals surface area contributed by atoms with Crippen LogP contribution in [0, 0.1) is 5.82 Å². The van der Waals surface area contributed by atoms with E-state index in [2.05, 4.69) is 15.6 Å². The number of anilines is 3. The highest BCUT2D eigenvalue weighted by atomic mass is 19.1. The minimum absolute atomic E-state index is 0.358. The molecule has 2 aromatic carbocycles.